The zero-order valence-electron chi connectivity index (χ0n) is 22.3. The lowest BCUT2D eigenvalue weighted by Gasteiger charge is -2.27. The highest BCUT2D eigenvalue weighted by molar-refractivity contribution is 7.92. The first-order valence-corrected chi connectivity index (χ1v) is 14.9. The van der Waals surface area contributed by atoms with Gasteiger partial charge in [-0.25, -0.2) is 23.2 Å². The molecule has 4 heterocycles. The number of anilines is 4. The molecule has 0 radical (unpaired) electrons. The summed E-state index contributed by atoms with van der Waals surface area (Å²) in [7, 11) is -4.06. The fourth-order valence-corrected chi connectivity index (χ4v) is 5.46. The number of nitriles is 1. The van der Waals surface area contributed by atoms with Gasteiger partial charge >= 0.3 is 6.03 Å². The molecule has 3 aromatic rings. The third-order valence-corrected chi connectivity index (χ3v) is 7.96. The number of hydrogen-bond donors (Lipinski definition) is 3. The first kappa shape index (κ1) is 29.1. The quantitative estimate of drug-likeness (QED) is 0.390. The Labute approximate surface area is 247 Å². The fraction of sp³-hybridized carbons (Fsp3) is 0.346. The zero-order valence-corrected chi connectivity index (χ0v) is 23.9. The van der Waals surface area contributed by atoms with Crippen molar-refractivity contribution in [1.29, 1.82) is 5.26 Å². The highest BCUT2D eigenvalue weighted by atomic mass is 35.5. The van der Waals surface area contributed by atoms with E-state index >= 15 is 0 Å². The Balaban J connectivity index is 1.36. The van der Waals surface area contributed by atoms with Crippen molar-refractivity contribution in [2.45, 2.75) is 24.2 Å². The number of carbonyl (C=O) groups excluding carboxylic acids is 1. The number of halogens is 1. The molecule has 2 bridgehead atoms. The van der Waals surface area contributed by atoms with Gasteiger partial charge in [-0.3, -0.25) is 10.0 Å². The van der Waals surface area contributed by atoms with Crippen LogP contribution in [0.1, 0.15) is 25.0 Å². The molecule has 1 saturated heterocycles. The lowest BCUT2D eigenvalue weighted by molar-refractivity contribution is 0.122. The van der Waals surface area contributed by atoms with E-state index in [-0.39, 0.29) is 51.0 Å². The highest BCUT2D eigenvalue weighted by Gasteiger charge is 2.21. The smallest absolute Gasteiger partial charge is 0.325 e. The Bertz CT molecular complexity index is 1590. The van der Waals surface area contributed by atoms with Crippen molar-refractivity contribution in [2.75, 3.05) is 59.8 Å². The molecule has 3 N–H and O–H groups in total. The van der Waals surface area contributed by atoms with E-state index in [4.69, 9.17) is 25.8 Å². The second kappa shape index (κ2) is 13.1. The second-order valence-corrected chi connectivity index (χ2v) is 11.3. The first-order valence-electron chi connectivity index (χ1n) is 13.1. The Morgan fingerprint density at radius 3 is 2.52 bits per heavy atom. The van der Waals surface area contributed by atoms with Gasteiger partial charge in [-0.15, -0.1) is 0 Å². The highest BCUT2D eigenvalue weighted by Crippen LogP contribution is 2.36. The van der Waals surface area contributed by atoms with E-state index in [1.807, 2.05) is 11.0 Å². The van der Waals surface area contributed by atoms with Crippen LogP contribution in [0.15, 0.2) is 41.6 Å². The summed E-state index contributed by atoms with van der Waals surface area (Å²) in [5.74, 6) is 0.936. The number of rotatable bonds is 4. The van der Waals surface area contributed by atoms with Gasteiger partial charge in [0.05, 0.1) is 49.0 Å². The predicted molar refractivity (Wildman–Crippen MR) is 154 cm³/mol. The number of urea groups is 1. The Hall–Kier alpha value is -4.39. The van der Waals surface area contributed by atoms with E-state index in [0.29, 0.717) is 51.6 Å². The molecular formula is C26H27ClN8O6S. The maximum atomic E-state index is 13.2. The summed E-state index contributed by atoms with van der Waals surface area (Å²) < 4.78 is 45.7. The fourth-order valence-electron chi connectivity index (χ4n) is 4.17. The monoisotopic (exact) mass is 614 g/mol. The maximum Gasteiger partial charge on any atom is 0.325 e. The Morgan fingerprint density at radius 2 is 1.79 bits per heavy atom. The van der Waals surface area contributed by atoms with Crippen molar-refractivity contribution in [3.05, 3.63) is 47.4 Å². The van der Waals surface area contributed by atoms with Crippen LogP contribution in [0, 0.1) is 11.3 Å². The van der Waals surface area contributed by atoms with Crippen LogP contribution in [0.4, 0.5) is 27.8 Å². The molecule has 0 aliphatic carbocycles. The van der Waals surface area contributed by atoms with E-state index < -0.39 is 16.1 Å². The van der Waals surface area contributed by atoms with E-state index in [0.717, 1.165) is 6.42 Å². The number of aromatic nitrogens is 3. The number of sulfonamides is 1. The minimum absolute atomic E-state index is 0.00421. The molecule has 0 saturated carbocycles. The topological polar surface area (TPSA) is 181 Å². The van der Waals surface area contributed by atoms with Crippen LogP contribution in [-0.4, -0.2) is 68.9 Å². The number of hydrogen-bond acceptors (Lipinski definition) is 11. The summed E-state index contributed by atoms with van der Waals surface area (Å²) in [6.07, 6.45) is 4.54. The van der Waals surface area contributed by atoms with Gasteiger partial charge in [0.15, 0.2) is 5.82 Å². The summed E-state index contributed by atoms with van der Waals surface area (Å²) in [6, 6.07) is 7.12. The van der Waals surface area contributed by atoms with Crippen molar-refractivity contribution in [1.82, 2.24) is 15.0 Å². The van der Waals surface area contributed by atoms with Gasteiger partial charge in [-0.1, -0.05) is 11.6 Å². The van der Waals surface area contributed by atoms with E-state index in [1.54, 1.807) is 6.07 Å². The molecule has 2 aliphatic heterocycles. The maximum absolute atomic E-state index is 13.2. The molecule has 0 unspecified atom stereocenters. The standard InChI is InChI=1S/C26H27ClN8O6S/c27-18-12-20-22(13-19(18)34-42(37,38)17-4-5-24(30-15-17)35-6-10-39-11-7-35)40-8-2-1-3-9-41-25-21(14-28)29-16-23(32-25)33-26(36)31-20/h4-5,12-13,15-16,34H,1-3,6-11H2,(H2,31,32,33,36). The van der Waals surface area contributed by atoms with Crippen LogP contribution in [-0.2, 0) is 14.8 Å². The zero-order chi connectivity index (χ0) is 29.5. The average molecular weight is 615 g/mol. The number of benzene rings is 1. The van der Waals surface area contributed by atoms with Crippen molar-refractivity contribution in [3.63, 3.8) is 0 Å². The second-order valence-electron chi connectivity index (χ2n) is 9.24. The molecule has 1 fully saturated rings. The van der Waals surface area contributed by atoms with Crippen LogP contribution < -0.4 is 29.7 Å². The molecule has 2 aromatic heterocycles. The molecule has 2 aliphatic rings. The van der Waals surface area contributed by atoms with Crippen LogP contribution in [0.2, 0.25) is 5.02 Å². The average Bonchev–Trinajstić information content (AvgIpc) is 2.99. The van der Waals surface area contributed by atoms with E-state index in [9.17, 15) is 18.5 Å². The molecule has 0 spiro atoms. The van der Waals surface area contributed by atoms with Gasteiger partial charge in [0.25, 0.3) is 15.9 Å². The van der Waals surface area contributed by atoms with E-state index in [2.05, 4.69) is 30.3 Å². The third-order valence-electron chi connectivity index (χ3n) is 6.30. The largest absolute Gasteiger partial charge is 0.491 e. The number of nitrogens with one attached hydrogen (secondary N) is 3. The van der Waals surface area contributed by atoms with Gasteiger partial charge in [0, 0.05) is 25.4 Å². The molecule has 42 heavy (non-hydrogen) atoms. The normalized spacial score (nSPS) is 16.2. The summed E-state index contributed by atoms with van der Waals surface area (Å²) in [5, 5.41) is 14.4. The molecule has 0 atom stereocenters. The van der Waals surface area contributed by atoms with Crippen LogP contribution in [0.5, 0.6) is 11.6 Å². The summed E-state index contributed by atoms with van der Waals surface area (Å²) >= 11 is 6.45. The number of morpholine rings is 1. The lowest BCUT2D eigenvalue weighted by atomic mass is 10.2. The molecule has 220 valence electrons. The van der Waals surface area contributed by atoms with Crippen LogP contribution >= 0.6 is 11.6 Å². The van der Waals surface area contributed by atoms with Crippen molar-refractivity contribution in [3.8, 4) is 17.7 Å². The minimum Gasteiger partial charge on any atom is -0.491 e. The molecule has 14 nitrogen and oxygen atoms in total. The summed E-state index contributed by atoms with van der Waals surface area (Å²) in [6.45, 7) is 3.07. The van der Waals surface area contributed by atoms with Crippen LogP contribution in [0.3, 0.4) is 0 Å². The van der Waals surface area contributed by atoms with E-state index in [1.165, 1.54) is 30.6 Å². The van der Waals surface area contributed by atoms with Gasteiger partial charge in [-0.2, -0.15) is 10.2 Å². The number of carbonyl (C=O) groups is 1. The molecule has 16 heteroatoms. The molecular weight excluding hydrogens is 588 g/mol. The van der Waals surface area contributed by atoms with Gasteiger partial charge in [-0.05, 0) is 37.5 Å². The minimum atomic E-state index is -4.06. The third kappa shape index (κ3) is 7.08. The number of nitrogens with zero attached hydrogens (tertiary/aromatic N) is 5. The summed E-state index contributed by atoms with van der Waals surface area (Å²) in [4.78, 5) is 27.2. The summed E-state index contributed by atoms with van der Waals surface area (Å²) in [5.41, 5.74) is 0.262. The number of pyridine rings is 1. The molecule has 1 aromatic carbocycles. The van der Waals surface area contributed by atoms with Gasteiger partial charge in [0.1, 0.15) is 22.5 Å². The molecule has 5 rings (SSSR count). The molecule has 2 amide bonds. The number of amides is 2. The first-order chi connectivity index (χ1) is 20.3. The van der Waals surface area contributed by atoms with Crippen LogP contribution in [0.25, 0.3) is 0 Å². The Kier molecular flexibility index (Phi) is 9.06. The predicted octanol–water partition coefficient (Wildman–Crippen LogP) is 3.62. The van der Waals surface area contributed by atoms with Crippen molar-refractivity contribution in [2.24, 2.45) is 0 Å². The SMILES string of the molecule is N#Cc1ncc2nc1OCCCCCOc1cc(NS(=O)(=O)c3ccc(N4CCOCC4)nc3)c(Cl)cc1NC(=O)N2. The van der Waals surface area contributed by atoms with Crippen molar-refractivity contribution >= 4 is 50.7 Å². The van der Waals surface area contributed by atoms with Crippen molar-refractivity contribution < 1.29 is 27.4 Å². The number of fused-ring (bicyclic) bond motifs is 3. The number of ether oxygens (including phenoxy) is 3. The Morgan fingerprint density at radius 1 is 1.00 bits per heavy atom. The van der Waals surface area contributed by atoms with Gasteiger partial charge in [0.2, 0.25) is 5.69 Å². The lowest BCUT2D eigenvalue weighted by Crippen LogP contribution is -2.36. The van der Waals surface area contributed by atoms with Gasteiger partial charge < -0.3 is 24.4 Å².